The van der Waals surface area contributed by atoms with Gasteiger partial charge in [-0.25, -0.2) is 9.97 Å². The summed E-state index contributed by atoms with van der Waals surface area (Å²) in [6, 6.07) is 114. The minimum atomic E-state index is 0.591. The summed E-state index contributed by atoms with van der Waals surface area (Å²) in [4.78, 5) is 10.9. The monoisotopic (exact) mass is 1160 g/mol. The molecular formula is C84H51N7. The Hall–Kier alpha value is -12.7. The topological polar surface area (TPSA) is 88.2 Å². The summed E-state index contributed by atoms with van der Waals surface area (Å²) in [5.41, 5.74) is 22.7. The number of nitrogens with zero attached hydrogens (tertiary/aromatic N) is 7. The van der Waals surface area contributed by atoms with Crippen molar-refractivity contribution in [2.24, 2.45) is 0 Å². The van der Waals surface area contributed by atoms with Crippen LogP contribution in [0.5, 0.6) is 0 Å². The van der Waals surface area contributed by atoms with Gasteiger partial charge in [0.15, 0.2) is 5.82 Å². The van der Waals surface area contributed by atoms with Crippen molar-refractivity contribution in [1.29, 1.82) is 10.5 Å². The molecule has 0 radical (unpaired) electrons. The van der Waals surface area contributed by atoms with Crippen LogP contribution in [0.2, 0.25) is 0 Å². The zero-order chi connectivity index (χ0) is 60.5. The highest BCUT2D eigenvalue weighted by atomic mass is 15.0. The van der Waals surface area contributed by atoms with Gasteiger partial charge < -0.3 is 13.7 Å². The zero-order valence-corrected chi connectivity index (χ0v) is 49.1. The van der Waals surface area contributed by atoms with Gasteiger partial charge >= 0.3 is 0 Å². The highest BCUT2D eigenvalue weighted by Gasteiger charge is 2.28. The number of rotatable bonds is 10. The largest absolute Gasteiger partial charge is 0.309 e. The van der Waals surface area contributed by atoms with Crippen LogP contribution >= 0.6 is 0 Å². The average Bonchev–Trinajstić information content (AvgIpc) is 1.64. The molecule has 0 N–H and O–H groups in total. The first-order valence-electron chi connectivity index (χ1n) is 30.5. The fourth-order valence-electron chi connectivity index (χ4n) is 13.8. The van der Waals surface area contributed by atoms with Crippen molar-refractivity contribution in [3.05, 3.63) is 321 Å². The van der Waals surface area contributed by atoms with Crippen molar-refractivity contribution < 1.29 is 0 Å². The van der Waals surface area contributed by atoms with Crippen LogP contribution in [0, 0.1) is 22.7 Å². The van der Waals surface area contributed by atoms with Crippen molar-refractivity contribution in [3.8, 4) is 108 Å². The molecule has 0 saturated heterocycles. The lowest BCUT2D eigenvalue weighted by molar-refractivity contribution is 1.15. The molecule has 0 aliphatic heterocycles. The lowest BCUT2D eigenvalue weighted by Gasteiger charge is -2.24. The molecule has 0 spiro atoms. The van der Waals surface area contributed by atoms with E-state index in [-0.39, 0.29) is 0 Å². The number of hydrogen-bond donors (Lipinski definition) is 0. The molecule has 0 amide bonds. The molecule has 4 aromatic heterocycles. The summed E-state index contributed by atoms with van der Waals surface area (Å²) in [7, 11) is 0. The van der Waals surface area contributed by atoms with E-state index in [4.69, 9.17) is 9.97 Å². The van der Waals surface area contributed by atoms with Crippen LogP contribution < -0.4 is 0 Å². The number of fused-ring (bicyclic) bond motifs is 9. The van der Waals surface area contributed by atoms with E-state index < -0.39 is 0 Å². The van der Waals surface area contributed by atoms with Crippen molar-refractivity contribution in [3.63, 3.8) is 0 Å². The molecule has 0 atom stereocenters. The Morgan fingerprint density at radius 3 is 1.05 bits per heavy atom. The van der Waals surface area contributed by atoms with Crippen LogP contribution in [0.4, 0.5) is 0 Å². The predicted octanol–water partition coefficient (Wildman–Crippen LogP) is 21.2. The maximum Gasteiger partial charge on any atom is 0.160 e. The van der Waals surface area contributed by atoms with Gasteiger partial charge in [0.2, 0.25) is 0 Å². The average molecular weight is 1160 g/mol. The Kier molecular flexibility index (Phi) is 12.5. The minimum Gasteiger partial charge on any atom is -0.309 e. The smallest absolute Gasteiger partial charge is 0.160 e. The molecule has 0 aliphatic rings. The van der Waals surface area contributed by atoms with Gasteiger partial charge in [-0.1, -0.05) is 206 Å². The van der Waals surface area contributed by atoms with Gasteiger partial charge in [-0.2, -0.15) is 10.5 Å². The van der Waals surface area contributed by atoms with E-state index in [1.165, 1.54) is 21.5 Å². The molecule has 17 rings (SSSR count). The Morgan fingerprint density at radius 2 is 0.604 bits per heavy atom. The van der Waals surface area contributed by atoms with E-state index in [9.17, 15) is 10.5 Å². The van der Waals surface area contributed by atoms with Crippen LogP contribution in [-0.4, -0.2) is 23.7 Å². The quantitative estimate of drug-likeness (QED) is 0.136. The molecular weight excluding hydrogens is 1110 g/mol. The minimum absolute atomic E-state index is 0.591. The number of nitriles is 2. The van der Waals surface area contributed by atoms with E-state index in [2.05, 4.69) is 275 Å². The molecule has 7 nitrogen and oxygen atoms in total. The lowest BCUT2D eigenvalue weighted by Crippen LogP contribution is -2.06. The number of para-hydroxylation sites is 6. The van der Waals surface area contributed by atoms with Gasteiger partial charge in [0.25, 0.3) is 0 Å². The molecule has 17 aromatic rings. The predicted molar refractivity (Wildman–Crippen MR) is 373 cm³/mol. The third-order valence-electron chi connectivity index (χ3n) is 17.9. The summed E-state index contributed by atoms with van der Waals surface area (Å²) < 4.78 is 7.35. The standard InChI is InChI=1S/C84H51N7/c85-52-54-21-19-27-58(45-54)60-41-43-81-69(47-60)70-48-61(59-28-20-22-55(46-59)53-86)42-44-82(70)91(81)83-71(67-33-11-17-39-79(67)89-75-35-13-7-29-63(75)64-30-8-14-36-76(64)89)49-62(74-51-73(56-23-3-1-4-24-56)87-84(88-74)57-25-5-2-6-26-57)50-72(83)68-34-12-18-40-80(68)90-77-37-15-9-31-65(77)66-32-10-16-38-78(66)90/h1-51H. The van der Waals surface area contributed by atoms with Crippen molar-refractivity contribution in [2.75, 3.05) is 0 Å². The normalized spacial score (nSPS) is 11.5. The highest BCUT2D eigenvalue weighted by Crippen LogP contribution is 2.49. The maximum atomic E-state index is 10.2. The van der Waals surface area contributed by atoms with E-state index in [1.807, 2.05) is 60.7 Å². The molecule has 13 aromatic carbocycles. The Balaban J connectivity index is 1.06. The zero-order valence-electron chi connectivity index (χ0n) is 49.1. The molecule has 0 saturated carbocycles. The summed E-state index contributed by atoms with van der Waals surface area (Å²) >= 11 is 0. The molecule has 0 bridgehead atoms. The highest BCUT2D eigenvalue weighted by molar-refractivity contribution is 6.15. The van der Waals surface area contributed by atoms with Crippen molar-refractivity contribution >= 4 is 65.4 Å². The fourth-order valence-corrected chi connectivity index (χ4v) is 13.8. The van der Waals surface area contributed by atoms with E-state index in [0.717, 1.165) is 134 Å². The van der Waals surface area contributed by atoms with Gasteiger partial charge in [-0.15, -0.1) is 0 Å². The first kappa shape index (κ1) is 52.6. The first-order chi connectivity index (χ1) is 45.0. The van der Waals surface area contributed by atoms with E-state index in [0.29, 0.717) is 17.0 Å². The molecule has 0 aliphatic carbocycles. The Morgan fingerprint density at radius 1 is 0.242 bits per heavy atom. The maximum absolute atomic E-state index is 10.2. The van der Waals surface area contributed by atoms with Crippen molar-refractivity contribution in [1.82, 2.24) is 23.7 Å². The molecule has 0 unspecified atom stereocenters. The van der Waals surface area contributed by atoms with Gasteiger partial charge in [0.1, 0.15) is 0 Å². The van der Waals surface area contributed by atoms with Crippen molar-refractivity contribution in [2.45, 2.75) is 0 Å². The van der Waals surface area contributed by atoms with Crippen LogP contribution in [-0.2, 0) is 0 Å². The first-order valence-corrected chi connectivity index (χ1v) is 30.5. The molecule has 0 fully saturated rings. The second kappa shape index (κ2) is 21.6. The third kappa shape index (κ3) is 8.80. The summed E-state index contributed by atoms with van der Waals surface area (Å²) in [5.74, 6) is 0.620. The third-order valence-corrected chi connectivity index (χ3v) is 17.9. The van der Waals surface area contributed by atoms with Gasteiger partial charge in [-0.3, -0.25) is 0 Å². The van der Waals surface area contributed by atoms with E-state index in [1.54, 1.807) is 0 Å². The summed E-state index contributed by atoms with van der Waals surface area (Å²) in [5, 5.41) is 27.1. The lowest BCUT2D eigenvalue weighted by atomic mass is 9.90. The Bertz CT molecular complexity index is 5420. The molecule has 422 valence electrons. The molecule has 91 heavy (non-hydrogen) atoms. The number of hydrogen-bond acceptors (Lipinski definition) is 4. The number of benzene rings is 13. The number of aromatic nitrogens is 5. The van der Waals surface area contributed by atoms with Crippen LogP contribution in [0.1, 0.15) is 11.1 Å². The summed E-state index contributed by atoms with van der Waals surface area (Å²) in [6.07, 6.45) is 0. The van der Waals surface area contributed by atoms with Gasteiger partial charge in [-0.05, 0) is 125 Å². The second-order valence-corrected chi connectivity index (χ2v) is 23.1. The molecule has 4 heterocycles. The van der Waals surface area contributed by atoms with Crippen LogP contribution in [0.15, 0.2) is 309 Å². The summed E-state index contributed by atoms with van der Waals surface area (Å²) in [6.45, 7) is 0. The Labute approximate surface area is 524 Å². The van der Waals surface area contributed by atoms with E-state index >= 15 is 0 Å². The van der Waals surface area contributed by atoms with Gasteiger partial charge in [0.05, 0.1) is 84.8 Å². The second-order valence-electron chi connectivity index (χ2n) is 23.1. The fraction of sp³-hybridized carbons (Fsp3) is 0. The van der Waals surface area contributed by atoms with Gasteiger partial charge in [0, 0.05) is 71.3 Å². The van der Waals surface area contributed by atoms with Crippen LogP contribution in [0.3, 0.4) is 0 Å². The SMILES string of the molecule is N#Cc1cccc(-c2ccc3c(c2)c2cc(-c4cccc(C#N)c4)ccc2n3-c2c(-c3ccccc3-n3c4ccccc4c4ccccc43)cc(-c3cc(-c4ccccc4)nc(-c4ccccc4)n3)cc2-c2ccccc2-n2c3ccccc3c3ccccc32)c1. The van der Waals surface area contributed by atoms with Crippen LogP contribution in [0.25, 0.3) is 161 Å². The molecule has 7 heteroatoms.